The van der Waals surface area contributed by atoms with E-state index < -0.39 is 17.8 Å². The molecule has 1 unspecified atom stereocenters. The molecule has 0 aliphatic rings. The number of benzene rings is 1. The van der Waals surface area contributed by atoms with Crippen LogP contribution in [0.2, 0.25) is 0 Å². The highest BCUT2D eigenvalue weighted by atomic mass is 16.4. The fourth-order valence-electron chi connectivity index (χ4n) is 1.44. The number of rotatable bonds is 5. The van der Waals surface area contributed by atoms with E-state index in [2.05, 4.69) is 0 Å². The van der Waals surface area contributed by atoms with Gasteiger partial charge in [-0.2, -0.15) is 0 Å². The number of carbonyl (C=O) groups is 1. The smallest absolute Gasteiger partial charge is 0.339 e. The van der Waals surface area contributed by atoms with Crippen LogP contribution >= 0.6 is 0 Å². The van der Waals surface area contributed by atoms with Gasteiger partial charge >= 0.3 is 5.97 Å². The fraction of sp³-hybridized carbons (Fsp3) is 0.364. The first kappa shape index (κ1) is 12.5. The minimum Gasteiger partial charge on any atom is -0.507 e. The van der Waals surface area contributed by atoms with Crippen LogP contribution in [-0.2, 0) is 0 Å². The van der Waals surface area contributed by atoms with E-state index in [1.165, 1.54) is 18.2 Å². The molecule has 88 valence electrons. The van der Waals surface area contributed by atoms with E-state index in [1.807, 2.05) is 0 Å². The Morgan fingerprint density at radius 1 is 1.38 bits per heavy atom. The molecule has 16 heavy (non-hydrogen) atoms. The van der Waals surface area contributed by atoms with Gasteiger partial charge in [0.25, 0.3) is 0 Å². The van der Waals surface area contributed by atoms with Gasteiger partial charge in [0.15, 0.2) is 0 Å². The molecule has 0 spiro atoms. The largest absolute Gasteiger partial charge is 0.507 e. The molecule has 0 amide bonds. The third-order valence-electron chi connectivity index (χ3n) is 2.29. The first-order valence-electron chi connectivity index (χ1n) is 4.92. The van der Waals surface area contributed by atoms with Gasteiger partial charge in [-0.1, -0.05) is 12.1 Å². The van der Waals surface area contributed by atoms with E-state index >= 15 is 0 Å². The van der Waals surface area contributed by atoms with Gasteiger partial charge in [0, 0.05) is 12.2 Å². The number of phenols is 1. The van der Waals surface area contributed by atoms with Gasteiger partial charge in [-0.15, -0.1) is 0 Å². The molecule has 0 saturated carbocycles. The van der Waals surface area contributed by atoms with Crippen molar-refractivity contribution in [1.29, 1.82) is 0 Å². The molecule has 1 aromatic rings. The van der Waals surface area contributed by atoms with E-state index in [1.54, 1.807) is 0 Å². The number of para-hydroxylation sites is 1. The van der Waals surface area contributed by atoms with Crippen LogP contribution < -0.4 is 0 Å². The predicted octanol–water partition coefficient (Wildman–Crippen LogP) is 0.896. The monoisotopic (exact) mass is 226 g/mol. The topological polar surface area (TPSA) is 98.0 Å². The lowest BCUT2D eigenvalue weighted by Gasteiger charge is -2.13. The fourth-order valence-corrected chi connectivity index (χ4v) is 1.44. The molecule has 1 atom stereocenters. The van der Waals surface area contributed by atoms with Crippen LogP contribution in [-0.4, -0.2) is 33.0 Å². The molecule has 0 bridgehead atoms. The van der Waals surface area contributed by atoms with Gasteiger partial charge in [-0.3, -0.25) is 0 Å². The van der Waals surface area contributed by atoms with Crippen molar-refractivity contribution in [3.8, 4) is 5.75 Å². The lowest BCUT2D eigenvalue weighted by atomic mass is 10.0. The predicted molar refractivity (Wildman–Crippen MR) is 56.3 cm³/mol. The van der Waals surface area contributed by atoms with Crippen LogP contribution in [0.3, 0.4) is 0 Å². The number of aromatic hydroxyl groups is 1. The van der Waals surface area contributed by atoms with Crippen molar-refractivity contribution < 1.29 is 25.2 Å². The summed E-state index contributed by atoms with van der Waals surface area (Å²) in [5.41, 5.74) is -0.0612. The lowest BCUT2D eigenvalue weighted by Crippen LogP contribution is -2.03. The molecule has 0 aliphatic carbocycles. The molecule has 1 aromatic carbocycles. The Bertz CT molecular complexity index is 375. The zero-order chi connectivity index (χ0) is 12.1. The highest BCUT2D eigenvalue weighted by Gasteiger charge is 2.17. The molecule has 0 saturated heterocycles. The summed E-state index contributed by atoms with van der Waals surface area (Å²) in [5, 5.41) is 36.7. The molecule has 0 aromatic heterocycles. The maximum absolute atomic E-state index is 10.7. The van der Waals surface area contributed by atoms with Crippen LogP contribution in [0, 0.1) is 0 Å². The SMILES string of the molecule is O=C(O)c1cccc(C(O)CCCO)c1O. The van der Waals surface area contributed by atoms with Gasteiger partial charge in [0.05, 0.1) is 6.10 Å². The summed E-state index contributed by atoms with van der Waals surface area (Å²) in [7, 11) is 0. The Morgan fingerprint density at radius 2 is 2.06 bits per heavy atom. The van der Waals surface area contributed by atoms with Gasteiger partial charge < -0.3 is 20.4 Å². The number of hydrogen-bond acceptors (Lipinski definition) is 4. The van der Waals surface area contributed by atoms with Crippen LogP contribution in [0.25, 0.3) is 0 Å². The van der Waals surface area contributed by atoms with Crippen molar-refractivity contribution in [3.63, 3.8) is 0 Å². The Balaban J connectivity index is 2.96. The highest BCUT2D eigenvalue weighted by molar-refractivity contribution is 5.91. The van der Waals surface area contributed by atoms with E-state index in [0.717, 1.165) is 0 Å². The molecular formula is C11H14O5. The summed E-state index contributed by atoms with van der Waals surface area (Å²) in [5.74, 6) is -1.66. The molecule has 0 aliphatic heterocycles. The summed E-state index contributed by atoms with van der Waals surface area (Å²) >= 11 is 0. The molecule has 4 N–H and O–H groups in total. The molecule has 5 heteroatoms. The quantitative estimate of drug-likeness (QED) is 0.598. The third kappa shape index (κ3) is 2.71. The van der Waals surface area contributed by atoms with Crippen molar-refractivity contribution in [1.82, 2.24) is 0 Å². The van der Waals surface area contributed by atoms with E-state index in [4.69, 9.17) is 10.2 Å². The first-order valence-corrected chi connectivity index (χ1v) is 4.92. The second-order valence-electron chi connectivity index (χ2n) is 3.43. The second kappa shape index (κ2) is 5.48. The zero-order valence-electron chi connectivity index (χ0n) is 8.63. The molecule has 1 rings (SSSR count). The van der Waals surface area contributed by atoms with Crippen molar-refractivity contribution in [2.24, 2.45) is 0 Å². The zero-order valence-corrected chi connectivity index (χ0v) is 8.63. The maximum atomic E-state index is 10.7. The van der Waals surface area contributed by atoms with Crippen molar-refractivity contribution >= 4 is 5.97 Å². The average Bonchev–Trinajstić information content (AvgIpc) is 2.25. The van der Waals surface area contributed by atoms with Crippen LogP contribution in [0.1, 0.15) is 34.9 Å². The first-order chi connectivity index (χ1) is 7.57. The number of carboxylic acids is 1. The summed E-state index contributed by atoms with van der Waals surface area (Å²) in [6, 6.07) is 4.18. The third-order valence-corrected chi connectivity index (χ3v) is 2.29. The van der Waals surface area contributed by atoms with Crippen LogP contribution in [0.15, 0.2) is 18.2 Å². The van der Waals surface area contributed by atoms with E-state index in [0.29, 0.717) is 6.42 Å². The van der Waals surface area contributed by atoms with Gasteiger partial charge in [0.2, 0.25) is 0 Å². The highest BCUT2D eigenvalue weighted by Crippen LogP contribution is 2.30. The minimum atomic E-state index is -1.24. The molecule has 0 fully saturated rings. The van der Waals surface area contributed by atoms with Gasteiger partial charge in [-0.05, 0) is 18.9 Å². The average molecular weight is 226 g/mol. The van der Waals surface area contributed by atoms with E-state index in [9.17, 15) is 15.0 Å². The Labute approximate surface area is 92.6 Å². The number of carboxylic acid groups (broad SMARTS) is 1. The van der Waals surface area contributed by atoms with Crippen molar-refractivity contribution in [2.45, 2.75) is 18.9 Å². The number of aliphatic hydroxyl groups excluding tert-OH is 2. The Hall–Kier alpha value is -1.59. The van der Waals surface area contributed by atoms with Crippen molar-refractivity contribution in [3.05, 3.63) is 29.3 Å². The van der Waals surface area contributed by atoms with E-state index in [-0.39, 0.29) is 24.2 Å². The number of hydrogen-bond donors (Lipinski definition) is 4. The van der Waals surface area contributed by atoms with Crippen LogP contribution in [0.5, 0.6) is 5.75 Å². The van der Waals surface area contributed by atoms with Crippen LogP contribution in [0.4, 0.5) is 0 Å². The van der Waals surface area contributed by atoms with Gasteiger partial charge in [0.1, 0.15) is 11.3 Å². The molecule has 0 heterocycles. The Kier molecular flexibility index (Phi) is 4.28. The summed E-state index contributed by atoms with van der Waals surface area (Å²) in [6.45, 7) is -0.0591. The summed E-state index contributed by atoms with van der Waals surface area (Å²) in [4.78, 5) is 10.7. The van der Waals surface area contributed by atoms with Gasteiger partial charge in [-0.25, -0.2) is 4.79 Å². The number of aromatic carboxylic acids is 1. The second-order valence-corrected chi connectivity index (χ2v) is 3.43. The molecule has 5 nitrogen and oxygen atoms in total. The number of aliphatic hydroxyl groups is 2. The molecule has 0 radical (unpaired) electrons. The van der Waals surface area contributed by atoms with Crippen molar-refractivity contribution in [2.75, 3.05) is 6.61 Å². The standard InChI is InChI=1S/C11H14O5/c12-6-2-5-9(13)7-3-1-4-8(10(7)14)11(15)16/h1,3-4,9,12-14H,2,5-6H2,(H,15,16). The normalized spacial score (nSPS) is 12.4. The summed E-state index contributed by atoms with van der Waals surface area (Å²) in [6.07, 6.45) is -0.308. The minimum absolute atomic E-state index is 0.0591. The maximum Gasteiger partial charge on any atom is 0.339 e. The summed E-state index contributed by atoms with van der Waals surface area (Å²) < 4.78 is 0. The molecular weight excluding hydrogens is 212 g/mol. The Morgan fingerprint density at radius 3 is 2.62 bits per heavy atom. The lowest BCUT2D eigenvalue weighted by molar-refractivity contribution is 0.0692.